The highest BCUT2D eigenvalue weighted by molar-refractivity contribution is 5.26. The van der Waals surface area contributed by atoms with Crippen molar-refractivity contribution in [2.45, 2.75) is 26.4 Å². The molecule has 88 valence electrons. The smallest absolute Gasteiger partial charge is 0.115 e. The van der Waals surface area contributed by atoms with Gasteiger partial charge in [-0.2, -0.15) is 0 Å². The summed E-state index contributed by atoms with van der Waals surface area (Å²) in [4.78, 5) is 7.99. The zero-order chi connectivity index (χ0) is 11.9. The van der Waals surface area contributed by atoms with Crippen molar-refractivity contribution in [3.05, 3.63) is 59.7 Å². The molecule has 0 saturated carbocycles. The van der Waals surface area contributed by atoms with E-state index in [4.69, 9.17) is 0 Å². The molecule has 0 amide bonds. The van der Waals surface area contributed by atoms with Gasteiger partial charge < -0.3 is 5.32 Å². The van der Waals surface area contributed by atoms with Gasteiger partial charge in [0.25, 0.3) is 0 Å². The summed E-state index contributed by atoms with van der Waals surface area (Å²) in [5, 5.41) is 3.41. The van der Waals surface area contributed by atoms with Crippen molar-refractivity contribution in [3.8, 4) is 0 Å². The van der Waals surface area contributed by atoms with Gasteiger partial charge in [0.2, 0.25) is 0 Å². The zero-order valence-electron chi connectivity index (χ0n) is 10.1. The number of aryl methyl sites for hydroxylation is 1. The summed E-state index contributed by atoms with van der Waals surface area (Å²) in [6.45, 7) is 3.88. The lowest BCUT2D eigenvalue weighted by molar-refractivity contribution is 0.684. The summed E-state index contributed by atoms with van der Waals surface area (Å²) >= 11 is 0. The van der Waals surface area contributed by atoms with Crippen LogP contribution in [0.4, 0.5) is 0 Å². The fourth-order valence-corrected chi connectivity index (χ4v) is 1.84. The Morgan fingerprint density at radius 2 is 1.71 bits per heavy atom. The number of nitrogens with zero attached hydrogens (tertiary/aromatic N) is 2. The quantitative estimate of drug-likeness (QED) is 0.852. The Hall–Kier alpha value is -1.74. The predicted octanol–water partition coefficient (Wildman–Crippen LogP) is 2.33. The lowest BCUT2D eigenvalue weighted by Gasteiger charge is -2.08. The molecular weight excluding hydrogens is 210 g/mol. The van der Waals surface area contributed by atoms with Gasteiger partial charge in [-0.1, -0.05) is 31.2 Å². The van der Waals surface area contributed by atoms with E-state index in [2.05, 4.69) is 46.5 Å². The minimum absolute atomic E-state index is 0.804. The first kappa shape index (κ1) is 11.7. The third-order valence-electron chi connectivity index (χ3n) is 2.76. The topological polar surface area (TPSA) is 37.8 Å². The number of benzene rings is 1. The van der Waals surface area contributed by atoms with E-state index in [0.717, 1.165) is 25.1 Å². The van der Waals surface area contributed by atoms with Crippen LogP contribution in [0.15, 0.2) is 43.0 Å². The molecule has 0 aliphatic rings. The maximum atomic E-state index is 3.99. The van der Waals surface area contributed by atoms with Crippen LogP contribution >= 0.6 is 0 Å². The highest BCUT2D eigenvalue weighted by Gasteiger charge is 1.99. The van der Waals surface area contributed by atoms with Crippen LogP contribution in [-0.2, 0) is 19.5 Å². The number of hydrogen-bond acceptors (Lipinski definition) is 3. The molecule has 0 atom stereocenters. The fourth-order valence-electron chi connectivity index (χ4n) is 1.84. The average Bonchev–Trinajstić information content (AvgIpc) is 2.40. The Morgan fingerprint density at radius 3 is 2.41 bits per heavy atom. The summed E-state index contributed by atoms with van der Waals surface area (Å²) in [6, 6.07) is 8.53. The molecule has 0 saturated heterocycles. The maximum absolute atomic E-state index is 3.99. The summed E-state index contributed by atoms with van der Waals surface area (Å²) in [5.41, 5.74) is 3.89. The van der Waals surface area contributed by atoms with Crippen LogP contribution in [0.3, 0.4) is 0 Å². The van der Waals surface area contributed by atoms with Crippen molar-refractivity contribution in [2.24, 2.45) is 0 Å². The van der Waals surface area contributed by atoms with Crippen molar-refractivity contribution in [2.75, 3.05) is 0 Å². The SMILES string of the molecule is CCc1ccccc1CNCc1cncnc1. The molecule has 0 spiro atoms. The van der Waals surface area contributed by atoms with Crippen LogP contribution in [-0.4, -0.2) is 9.97 Å². The second-order valence-electron chi connectivity index (χ2n) is 3.97. The van der Waals surface area contributed by atoms with Gasteiger partial charge in [0.05, 0.1) is 0 Å². The lowest BCUT2D eigenvalue weighted by atomic mass is 10.1. The van der Waals surface area contributed by atoms with E-state index < -0.39 is 0 Å². The monoisotopic (exact) mass is 227 g/mol. The molecule has 1 heterocycles. The molecule has 17 heavy (non-hydrogen) atoms. The molecular formula is C14H17N3. The molecule has 0 radical (unpaired) electrons. The zero-order valence-corrected chi connectivity index (χ0v) is 10.1. The lowest BCUT2D eigenvalue weighted by Crippen LogP contribution is -2.14. The van der Waals surface area contributed by atoms with Gasteiger partial charge in [0.15, 0.2) is 0 Å². The summed E-state index contributed by atoms with van der Waals surface area (Å²) in [5.74, 6) is 0. The number of aromatic nitrogens is 2. The van der Waals surface area contributed by atoms with Crippen LogP contribution in [0.1, 0.15) is 23.6 Å². The normalized spacial score (nSPS) is 10.4. The van der Waals surface area contributed by atoms with Crippen molar-refractivity contribution in [1.29, 1.82) is 0 Å². The van der Waals surface area contributed by atoms with Crippen molar-refractivity contribution in [3.63, 3.8) is 0 Å². The Labute approximate surface area is 102 Å². The van der Waals surface area contributed by atoms with E-state index in [1.165, 1.54) is 11.1 Å². The molecule has 0 bridgehead atoms. The van der Waals surface area contributed by atoms with Crippen LogP contribution < -0.4 is 5.32 Å². The molecule has 1 aromatic heterocycles. The second kappa shape index (κ2) is 6.11. The number of nitrogens with one attached hydrogen (secondary N) is 1. The Morgan fingerprint density at radius 1 is 1.00 bits per heavy atom. The van der Waals surface area contributed by atoms with E-state index in [0.29, 0.717) is 0 Å². The first-order valence-electron chi connectivity index (χ1n) is 5.91. The minimum Gasteiger partial charge on any atom is -0.308 e. The Kier molecular flexibility index (Phi) is 4.22. The molecule has 0 unspecified atom stereocenters. The average molecular weight is 227 g/mol. The van der Waals surface area contributed by atoms with Gasteiger partial charge in [-0.3, -0.25) is 0 Å². The molecule has 0 fully saturated rings. The van der Waals surface area contributed by atoms with Crippen LogP contribution in [0.25, 0.3) is 0 Å². The summed E-state index contributed by atoms with van der Waals surface area (Å²) in [6.07, 6.45) is 6.31. The molecule has 3 nitrogen and oxygen atoms in total. The molecule has 1 aromatic carbocycles. The molecule has 1 N–H and O–H groups in total. The second-order valence-corrected chi connectivity index (χ2v) is 3.97. The maximum Gasteiger partial charge on any atom is 0.115 e. The molecule has 0 aliphatic carbocycles. The highest BCUT2D eigenvalue weighted by atomic mass is 14.9. The van der Waals surface area contributed by atoms with Crippen molar-refractivity contribution in [1.82, 2.24) is 15.3 Å². The fraction of sp³-hybridized carbons (Fsp3) is 0.286. The van der Waals surface area contributed by atoms with Crippen LogP contribution in [0.5, 0.6) is 0 Å². The standard InChI is InChI=1S/C14H17N3/c1-2-13-5-3-4-6-14(13)10-15-7-12-8-16-11-17-9-12/h3-6,8-9,11,15H,2,7,10H2,1H3. The Bertz CT molecular complexity index is 454. The minimum atomic E-state index is 0.804. The summed E-state index contributed by atoms with van der Waals surface area (Å²) in [7, 11) is 0. The van der Waals surface area contributed by atoms with Gasteiger partial charge in [0.1, 0.15) is 6.33 Å². The molecule has 0 aliphatic heterocycles. The third-order valence-corrected chi connectivity index (χ3v) is 2.76. The van der Waals surface area contributed by atoms with Gasteiger partial charge in [-0.05, 0) is 17.5 Å². The molecule has 2 rings (SSSR count). The van der Waals surface area contributed by atoms with E-state index in [1.807, 2.05) is 12.4 Å². The molecule has 3 heteroatoms. The predicted molar refractivity (Wildman–Crippen MR) is 68.4 cm³/mol. The Balaban J connectivity index is 1.90. The number of hydrogen-bond donors (Lipinski definition) is 1. The van der Waals surface area contributed by atoms with Gasteiger partial charge >= 0.3 is 0 Å². The van der Waals surface area contributed by atoms with Crippen molar-refractivity contribution < 1.29 is 0 Å². The molecule has 2 aromatic rings. The third kappa shape index (κ3) is 3.36. The van der Waals surface area contributed by atoms with E-state index in [-0.39, 0.29) is 0 Å². The van der Waals surface area contributed by atoms with Gasteiger partial charge in [0, 0.05) is 31.0 Å². The highest BCUT2D eigenvalue weighted by Crippen LogP contribution is 2.09. The van der Waals surface area contributed by atoms with Crippen LogP contribution in [0.2, 0.25) is 0 Å². The van der Waals surface area contributed by atoms with E-state index in [9.17, 15) is 0 Å². The van der Waals surface area contributed by atoms with E-state index >= 15 is 0 Å². The first-order valence-corrected chi connectivity index (χ1v) is 5.91. The van der Waals surface area contributed by atoms with E-state index in [1.54, 1.807) is 6.33 Å². The van der Waals surface area contributed by atoms with Gasteiger partial charge in [-0.15, -0.1) is 0 Å². The largest absolute Gasteiger partial charge is 0.308 e. The van der Waals surface area contributed by atoms with Crippen LogP contribution in [0, 0.1) is 0 Å². The van der Waals surface area contributed by atoms with Gasteiger partial charge in [-0.25, -0.2) is 9.97 Å². The number of rotatable bonds is 5. The summed E-state index contributed by atoms with van der Waals surface area (Å²) < 4.78 is 0. The first-order chi connectivity index (χ1) is 8.40. The van der Waals surface area contributed by atoms with Crippen molar-refractivity contribution >= 4 is 0 Å².